The molecule has 0 saturated heterocycles. The summed E-state index contributed by atoms with van der Waals surface area (Å²) in [7, 11) is 0. The number of amides is 1. The van der Waals surface area contributed by atoms with Gasteiger partial charge in [-0.05, 0) is 20.8 Å². The SMILES string of the molecule is CC(C)(C)N(CC(=O)O)C(=O)C1Cc2nc[nH]c2CN1. The molecule has 1 aliphatic rings. The highest BCUT2D eigenvalue weighted by atomic mass is 16.4. The number of aromatic nitrogens is 2. The standard InChI is InChI=1S/C13H20N4O3/c1-13(2,3)17(6-11(18)19)12(20)9-4-8-10(5-14-9)16-7-15-8/h7,9,14H,4-6H2,1-3H3,(H,15,16)(H,18,19). The highest BCUT2D eigenvalue weighted by Crippen LogP contribution is 2.19. The summed E-state index contributed by atoms with van der Waals surface area (Å²) >= 11 is 0. The van der Waals surface area contributed by atoms with Crippen LogP contribution < -0.4 is 5.32 Å². The van der Waals surface area contributed by atoms with Crippen molar-refractivity contribution in [2.75, 3.05) is 6.54 Å². The molecule has 7 nitrogen and oxygen atoms in total. The molecule has 1 aliphatic heterocycles. The number of hydrogen-bond donors (Lipinski definition) is 3. The van der Waals surface area contributed by atoms with Crippen molar-refractivity contribution in [2.45, 2.75) is 45.3 Å². The van der Waals surface area contributed by atoms with Crippen LogP contribution in [-0.4, -0.2) is 50.0 Å². The van der Waals surface area contributed by atoms with E-state index in [2.05, 4.69) is 15.3 Å². The molecule has 1 aromatic heterocycles. The van der Waals surface area contributed by atoms with Gasteiger partial charge >= 0.3 is 5.97 Å². The summed E-state index contributed by atoms with van der Waals surface area (Å²) in [6.45, 7) is 5.73. The zero-order valence-electron chi connectivity index (χ0n) is 11.9. The van der Waals surface area contributed by atoms with Crippen molar-refractivity contribution in [3.05, 3.63) is 17.7 Å². The first kappa shape index (κ1) is 14.5. The van der Waals surface area contributed by atoms with Crippen molar-refractivity contribution < 1.29 is 14.7 Å². The van der Waals surface area contributed by atoms with Gasteiger partial charge < -0.3 is 15.0 Å². The number of carbonyl (C=O) groups excluding carboxylic acids is 1. The topological polar surface area (TPSA) is 98.3 Å². The van der Waals surface area contributed by atoms with Gasteiger partial charge in [0.2, 0.25) is 5.91 Å². The molecule has 3 N–H and O–H groups in total. The highest BCUT2D eigenvalue weighted by Gasteiger charge is 2.35. The molecule has 1 atom stereocenters. The molecule has 2 heterocycles. The van der Waals surface area contributed by atoms with E-state index in [9.17, 15) is 9.59 Å². The summed E-state index contributed by atoms with van der Waals surface area (Å²) < 4.78 is 0. The summed E-state index contributed by atoms with van der Waals surface area (Å²) in [5.41, 5.74) is 1.31. The molecule has 110 valence electrons. The number of aromatic amines is 1. The van der Waals surface area contributed by atoms with Crippen molar-refractivity contribution in [1.82, 2.24) is 20.2 Å². The number of hydrogen-bond acceptors (Lipinski definition) is 4. The Hall–Kier alpha value is -1.89. The lowest BCUT2D eigenvalue weighted by molar-refractivity contribution is -0.149. The average molecular weight is 280 g/mol. The molecule has 0 bridgehead atoms. The molecule has 1 unspecified atom stereocenters. The first-order valence-corrected chi connectivity index (χ1v) is 6.57. The number of nitrogens with one attached hydrogen (secondary N) is 2. The maximum Gasteiger partial charge on any atom is 0.323 e. The van der Waals surface area contributed by atoms with Crippen molar-refractivity contribution >= 4 is 11.9 Å². The normalized spacial score (nSPS) is 18.4. The van der Waals surface area contributed by atoms with Gasteiger partial charge in [0.25, 0.3) is 0 Å². The molecular weight excluding hydrogens is 260 g/mol. The lowest BCUT2D eigenvalue weighted by atomic mass is 10.00. The Bertz CT molecular complexity index is 518. The number of aliphatic carboxylic acids is 1. The lowest BCUT2D eigenvalue weighted by Crippen LogP contribution is -2.56. The second-order valence-electron chi connectivity index (χ2n) is 5.95. The second kappa shape index (κ2) is 5.24. The molecule has 0 aromatic carbocycles. The van der Waals surface area contributed by atoms with E-state index in [1.807, 2.05) is 20.8 Å². The number of imidazole rings is 1. The monoisotopic (exact) mass is 280 g/mol. The summed E-state index contributed by atoms with van der Waals surface area (Å²) in [6.07, 6.45) is 2.09. The largest absolute Gasteiger partial charge is 0.480 e. The number of carbonyl (C=O) groups is 2. The van der Waals surface area contributed by atoms with Gasteiger partial charge in [0.1, 0.15) is 6.54 Å². The van der Waals surface area contributed by atoms with E-state index in [4.69, 9.17) is 5.11 Å². The van der Waals surface area contributed by atoms with Gasteiger partial charge in [-0.2, -0.15) is 0 Å². The van der Waals surface area contributed by atoms with Gasteiger partial charge in [-0.1, -0.05) is 0 Å². The third-order valence-electron chi connectivity index (χ3n) is 3.40. The molecule has 7 heteroatoms. The van der Waals surface area contributed by atoms with E-state index in [0.29, 0.717) is 13.0 Å². The molecule has 0 radical (unpaired) electrons. The van der Waals surface area contributed by atoms with Crippen LogP contribution in [-0.2, 0) is 22.6 Å². The van der Waals surface area contributed by atoms with Gasteiger partial charge in [-0.25, -0.2) is 4.98 Å². The number of H-pyrrole nitrogens is 1. The third kappa shape index (κ3) is 2.98. The summed E-state index contributed by atoms with van der Waals surface area (Å²) in [5, 5.41) is 12.1. The van der Waals surface area contributed by atoms with Crippen LogP contribution in [0, 0.1) is 0 Å². The van der Waals surface area contributed by atoms with Crippen molar-refractivity contribution in [1.29, 1.82) is 0 Å². The van der Waals surface area contributed by atoms with Gasteiger partial charge in [-0.15, -0.1) is 0 Å². The minimum absolute atomic E-state index is 0.200. The first-order valence-electron chi connectivity index (χ1n) is 6.57. The van der Waals surface area contributed by atoms with Gasteiger partial charge in [0, 0.05) is 18.5 Å². The molecule has 0 fully saturated rings. The molecule has 0 aliphatic carbocycles. The number of carboxylic acid groups (broad SMARTS) is 1. The minimum Gasteiger partial charge on any atom is -0.480 e. The maximum absolute atomic E-state index is 12.6. The summed E-state index contributed by atoms with van der Waals surface area (Å²) in [6, 6.07) is -0.427. The fraction of sp³-hybridized carbons (Fsp3) is 0.615. The molecular formula is C13H20N4O3. The molecule has 0 spiro atoms. The van der Waals surface area contributed by atoms with Crippen LogP contribution >= 0.6 is 0 Å². The zero-order chi connectivity index (χ0) is 14.9. The second-order valence-corrected chi connectivity index (χ2v) is 5.95. The van der Waals surface area contributed by atoms with Crippen molar-refractivity contribution in [3.63, 3.8) is 0 Å². The van der Waals surface area contributed by atoms with Crippen LogP contribution in [0.3, 0.4) is 0 Å². The van der Waals surface area contributed by atoms with Gasteiger partial charge in [-0.3, -0.25) is 14.9 Å². The average Bonchev–Trinajstić information content (AvgIpc) is 2.80. The Balaban J connectivity index is 2.15. The van der Waals surface area contributed by atoms with Crippen LogP contribution in [0.4, 0.5) is 0 Å². The highest BCUT2D eigenvalue weighted by molar-refractivity contribution is 5.86. The Morgan fingerprint density at radius 2 is 2.20 bits per heavy atom. The zero-order valence-corrected chi connectivity index (χ0v) is 11.9. The van der Waals surface area contributed by atoms with Crippen LogP contribution in [0.15, 0.2) is 6.33 Å². The first-order chi connectivity index (χ1) is 9.29. The predicted molar refractivity (Wildman–Crippen MR) is 72.0 cm³/mol. The summed E-state index contributed by atoms with van der Waals surface area (Å²) in [5.74, 6) is -1.21. The third-order valence-corrected chi connectivity index (χ3v) is 3.40. The van der Waals surface area contributed by atoms with Gasteiger partial charge in [0.15, 0.2) is 0 Å². The van der Waals surface area contributed by atoms with Crippen LogP contribution in [0.25, 0.3) is 0 Å². The smallest absolute Gasteiger partial charge is 0.323 e. The number of carboxylic acids is 1. The van der Waals surface area contributed by atoms with E-state index < -0.39 is 17.6 Å². The number of rotatable bonds is 3. The molecule has 0 saturated carbocycles. The fourth-order valence-electron chi connectivity index (χ4n) is 2.31. The van der Waals surface area contributed by atoms with E-state index in [-0.39, 0.29) is 12.5 Å². The van der Waals surface area contributed by atoms with Crippen LogP contribution in [0.1, 0.15) is 32.2 Å². The van der Waals surface area contributed by atoms with Crippen LogP contribution in [0.5, 0.6) is 0 Å². The van der Waals surface area contributed by atoms with Gasteiger partial charge in [0.05, 0.1) is 23.8 Å². The lowest BCUT2D eigenvalue weighted by Gasteiger charge is -2.37. The quantitative estimate of drug-likeness (QED) is 0.731. The minimum atomic E-state index is -1.01. The Labute approximate surface area is 117 Å². The van der Waals surface area contributed by atoms with Crippen molar-refractivity contribution in [3.8, 4) is 0 Å². The molecule has 1 amide bonds. The summed E-state index contributed by atoms with van der Waals surface area (Å²) in [4.78, 5) is 32.1. The van der Waals surface area contributed by atoms with Crippen molar-refractivity contribution in [2.24, 2.45) is 0 Å². The van der Waals surface area contributed by atoms with E-state index >= 15 is 0 Å². The Morgan fingerprint density at radius 1 is 1.50 bits per heavy atom. The predicted octanol–water partition coefficient (Wildman–Crippen LogP) is 0.136. The fourth-order valence-corrected chi connectivity index (χ4v) is 2.31. The van der Waals surface area contributed by atoms with E-state index in [1.165, 1.54) is 4.90 Å². The Morgan fingerprint density at radius 3 is 2.80 bits per heavy atom. The van der Waals surface area contributed by atoms with E-state index in [0.717, 1.165) is 11.4 Å². The van der Waals surface area contributed by atoms with Crippen LogP contribution in [0.2, 0.25) is 0 Å². The molecule has 2 rings (SSSR count). The number of nitrogens with zero attached hydrogens (tertiary/aromatic N) is 2. The molecule has 20 heavy (non-hydrogen) atoms. The van der Waals surface area contributed by atoms with E-state index in [1.54, 1.807) is 6.33 Å². The number of fused-ring (bicyclic) bond motifs is 1. The maximum atomic E-state index is 12.6. The Kier molecular flexibility index (Phi) is 3.80. The molecule has 1 aromatic rings.